The third-order valence-electron chi connectivity index (χ3n) is 5.41. The predicted octanol–water partition coefficient (Wildman–Crippen LogP) is 0.741. The van der Waals surface area contributed by atoms with Crippen LogP contribution in [-0.4, -0.2) is 93.9 Å². The van der Waals surface area contributed by atoms with Crippen LogP contribution in [0.5, 0.6) is 0 Å². The molecule has 0 bridgehead atoms. The lowest BCUT2D eigenvalue weighted by atomic mass is 10.1. The van der Waals surface area contributed by atoms with Gasteiger partial charge in [0.2, 0.25) is 5.91 Å². The van der Waals surface area contributed by atoms with Gasteiger partial charge in [-0.3, -0.25) is 24.7 Å². The molecule has 30 heavy (non-hydrogen) atoms. The highest BCUT2D eigenvalue weighted by molar-refractivity contribution is 7.81. The molecule has 10 nitrogen and oxygen atoms in total. The van der Waals surface area contributed by atoms with E-state index < -0.39 is 17.1 Å². The Morgan fingerprint density at radius 3 is 2.47 bits per heavy atom. The molecule has 0 aliphatic carbocycles. The number of amides is 2. The standard InChI is InChI=1S/C19H26N4O6S/c24-10-9-20-5-7-21(8-6-20)18(25)17-11-16(30)12-22(17)19(26)29-13-14-1-3-15(4-2-14)23(27)28/h1-4,16-17,24,30H,5-13H2. The number of carbonyl (C=O) groups excluding carboxylic acids is 2. The van der Waals surface area contributed by atoms with E-state index in [1.165, 1.54) is 29.2 Å². The molecular formula is C19H26N4O6S. The van der Waals surface area contributed by atoms with Crippen LogP contribution in [0.3, 0.4) is 0 Å². The smallest absolute Gasteiger partial charge is 0.410 e. The first-order valence-electron chi connectivity index (χ1n) is 9.86. The molecule has 164 valence electrons. The number of rotatable bonds is 6. The molecule has 3 rings (SSSR count). The van der Waals surface area contributed by atoms with E-state index in [2.05, 4.69) is 17.5 Å². The maximum atomic E-state index is 13.0. The molecule has 1 aromatic carbocycles. The lowest BCUT2D eigenvalue weighted by molar-refractivity contribution is -0.384. The maximum absolute atomic E-state index is 13.0. The summed E-state index contributed by atoms with van der Waals surface area (Å²) in [5.41, 5.74) is 0.589. The van der Waals surface area contributed by atoms with Crippen LogP contribution >= 0.6 is 12.6 Å². The number of nitro groups is 1. The molecule has 0 aromatic heterocycles. The van der Waals surface area contributed by atoms with Gasteiger partial charge in [0.15, 0.2) is 0 Å². The van der Waals surface area contributed by atoms with Crippen LogP contribution in [0.15, 0.2) is 24.3 Å². The zero-order valence-electron chi connectivity index (χ0n) is 16.6. The summed E-state index contributed by atoms with van der Waals surface area (Å²) in [6, 6.07) is 5.16. The first-order valence-corrected chi connectivity index (χ1v) is 10.4. The van der Waals surface area contributed by atoms with E-state index in [9.17, 15) is 19.7 Å². The highest BCUT2D eigenvalue weighted by Crippen LogP contribution is 2.25. The average molecular weight is 439 g/mol. The Morgan fingerprint density at radius 1 is 1.20 bits per heavy atom. The van der Waals surface area contributed by atoms with Gasteiger partial charge in [0.05, 0.1) is 11.5 Å². The number of nitro benzene ring substituents is 1. The zero-order valence-corrected chi connectivity index (χ0v) is 17.4. The largest absolute Gasteiger partial charge is 0.445 e. The van der Waals surface area contributed by atoms with E-state index in [0.717, 1.165) is 0 Å². The minimum atomic E-state index is -0.610. The van der Waals surface area contributed by atoms with Crippen molar-refractivity contribution in [1.82, 2.24) is 14.7 Å². The van der Waals surface area contributed by atoms with Crippen molar-refractivity contribution >= 4 is 30.3 Å². The molecule has 2 unspecified atom stereocenters. The Hall–Kier alpha value is -2.37. The van der Waals surface area contributed by atoms with Crippen LogP contribution in [0.1, 0.15) is 12.0 Å². The number of β-amino-alcohol motifs (C(OH)–C–C–N with tert-alkyl or cyclic N) is 1. The number of hydrogen-bond donors (Lipinski definition) is 2. The molecule has 2 saturated heterocycles. The van der Waals surface area contributed by atoms with E-state index in [1.54, 1.807) is 4.90 Å². The van der Waals surface area contributed by atoms with Gasteiger partial charge >= 0.3 is 6.09 Å². The normalized spacial score (nSPS) is 22.2. The lowest BCUT2D eigenvalue weighted by Crippen LogP contribution is -2.54. The molecule has 11 heteroatoms. The number of nitrogens with zero attached hydrogens (tertiary/aromatic N) is 4. The van der Waals surface area contributed by atoms with E-state index >= 15 is 0 Å². The number of likely N-dealkylation sites (tertiary alicyclic amines) is 1. The van der Waals surface area contributed by atoms with Crippen LogP contribution in [0, 0.1) is 10.1 Å². The Bertz CT molecular complexity index is 769. The van der Waals surface area contributed by atoms with Gasteiger partial charge in [-0.2, -0.15) is 12.6 Å². The fraction of sp³-hybridized carbons (Fsp3) is 0.579. The number of non-ortho nitro benzene ring substituents is 1. The molecule has 2 aliphatic rings. The molecular weight excluding hydrogens is 412 g/mol. The molecule has 2 heterocycles. The molecule has 0 saturated carbocycles. The number of thiol groups is 1. The van der Waals surface area contributed by atoms with Gasteiger partial charge in [0, 0.05) is 56.7 Å². The molecule has 2 amide bonds. The first-order chi connectivity index (χ1) is 14.4. The second kappa shape index (κ2) is 10.1. The molecule has 1 N–H and O–H groups in total. The van der Waals surface area contributed by atoms with Crippen molar-refractivity contribution in [2.45, 2.75) is 24.3 Å². The quantitative estimate of drug-likeness (QED) is 0.382. The molecule has 2 aliphatic heterocycles. The second-order valence-electron chi connectivity index (χ2n) is 7.43. The second-order valence-corrected chi connectivity index (χ2v) is 8.16. The van der Waals surface area contributed by atoms with Crippen LogP contribution in [0.25, 0.3) is 0 Å². The van der Waals surface area contributed by atoms with Crippen molar-refractivity contribution in [3.8, 4) is 0 Å². The Labute approximate surface area is 179 Å². The van der Waals surface area contributed by atoms with Gasteiger partial charge in [-0.15, -0.1) is 0 Å². The van der Waals surface area contributed by atoms with Crippen molar-refractivity contribution in [1.29, 1.82) is 0 Å². The Kier molecular flexibility index (Phi) is 7.51. The summed E-state index contributed by atoms with van der Waals surface area (Å²) >= 11 is 4.45. The summed E-state index contributed by atoms with van der Waals surface area (Å²) in [7, 11) is 0. The third kappa shape index (κ3) is 5.41. The third-order valence-corrected chi connectivity index (χ3v) is 5.78. The van der Waals surface area contributed by atoms with Crippen LogP contribution < -0.4 is 0 Å². The van der Waals surface area contributed by atoms with Gasteiger partial charge in [0.1, 0.15) is 12.6 Å². The van der Waals surface area contributed by atoms with Crippen LogP contribution in [-0.2, 0) is 16.1 Å². The fourth-order valence-electron chi connectivity index (χ4n) is 3.74. The van der Waals surface area contributed by atoms with E-state index in [1.807, 2.05) is 0 Å². The SMILES string of the molecule is O=C(C1CC(S)CN1C(=O)OCc1ccc([N+](=O)[O-])cc1)N1CCN(CCO)CC1. The monoisotopic (exact) mass is 438 g/mol. The summed E-state index contributed by atoms with van der Waals surface area (Å²) in [4.78, 5) is 41.1. The van der Waals surface area contributed by atoms with Crippen molar-refractivity contribution in [2.75, 3.05) is 45.9 Å². The summed E-state index contributed by atoms with van der Waals surface area (Å²) in [5.74, 6) is -0.109. The summed E-state index contributed by atoms with van der Waals surface area (Å²) in [5, 5.41) is 19.7. The Balaban J connectivity index is 1.56. The van der Waals surface area contributed by atoms with Gasteiger partial charge in [-0.05, 0) is 24.1 Å². The van der Waals surface area contributed by atoms with Crippen molar-refractivity contribution in [3.63, 3.8) is 0 Å². The predicted molar refractivity (Wildman–Crippen MR) is 111 cm³/mol. The van der Waals surface area contributed by atoms with Crippen LogP contribution in [0.4, 0.5) is 10.5 Å². The molecule has 0 spiro atoms. The highest BCUT2D eigenvalue weighted by Gasteiger charge is 2.41. The number of ether oxygens (including phenoxy) is 1. The first kappa shape index (κ1) is 22.3. The van der Waals surface area contributed by atoms with Crippen molar-refractivity contribution in [3.05, 3.63) is 39.9 Å². The summed E-state index contributed by atoms with van der Waals surface area (Å²) < 4.78 is 5.35. The highest BCUT2D eigenvalue weighted by atomic mass is 32.1. The van der Waals surface area contributed by atoms with Gasteiger partial charge in [-0.1, -0.05) is 0 Å². The van der Waals surface area contributed by atoms with Crippen molar-refractivity contribution < 1.29 is 24.4 Å². The number of aliphatic hydroxyl groups is 1. The van der Waals surface area contributed by atoms with Gasteiger partial charge in [-0.25, -0.2) is 4.79 Å². The number of piperazine rings is 1. The van der Waals surface area contributed by atoms with E-state index in [0.29, 0.717) is 51.3 Å². The van der Waals surface area contributed by atoms with Crippen molar-refractivity contribution in [2.24, 2.45) is 0 Å². The molecule has 1 aromatic rings. The average Bonchev–Trinajstić information content (AvgIpc) is 3.14. The van der Waals surface area contributed by atoms with Gasteiger partial charge in [0.25, 0.3) is 5.69 Å². The number of aliphatic hydroxyl groups excluding tert-OH is 1. The number of benzene rings is 1. The fourth-order valence-corrected chi connectivity index (χ4v) is 4.11. The van der Waals surface area contributed by atoms with E-state index in [-0.39, 0.29) is 30.1 Å². The van der Waals surface area contributed by atoms with E-state index in [4.69, 9.17) is 9.84 Å². The summed E-state index contributed by atoms with van der Waals surface area (Å²) in [6.07, 6.45) is -0.131. The molecule has 0 radical (unpaired) electrons. The number of hydrogen-bond acceptors (Lipinski definition) is 8. The van der Waals surface area contributed by atoms with Crippen LogP contribution in [0.2, 0.25) is 0 Å². The topological polar surface area (TPSA) is 116 Å². The maximum Gasteiger partial charge on any atom is 0.410 e. The number of carbonyl (C=O) groups is 2. The Morgan fingerprint density at radius 2 is 1.87 bits per heavy atom. The minimum absolute atomic E-state index is 0.0349. The minimum Gasteiger partial charge on any atom is -0.445 e. The molecule has 2 atom stereocenters. The summed E-state index contributed by atoms with van der Waals surface area (Å²) in [6.45, 7) is 3.45. The van der Waals surface area contributed by atoms with Gasteiger partial charge < -0.3 is 14.7 Å². The molecule has 2 fully saturated rings. The zero-order chi connectivity index (χ0) is 21.7. The lowest BCUT2D eigenvalue weighted by Gasteiger charge is -2.36.